The molecule has 0 aromatic carbocycles. The number of carbonyl (C=O) groups is 2. The van der Waals surface area contributed by atoms with Crippen molar-refractivity contribution < 1.29 is 14.7 Å². The summed E-state index contributed by atoms with van der Waals surface area (Å²) in [6, 6.07) is -1.10. The van der Waals surface area contributed by atoms with Crippen molar-refractivity contribution in [3.63, 3.8) is 0 Å². The van der Waals surface area contributed by atoms with Crippen LogP contribution in [0.3, 0.4) is 0 Å². The summed E-state index contributed by atoms with van der Waals surface area (Å²) in [5.41, 5.74) is 0. The van der Waals surface area contributed by atoms with Gasteiger partial charge in [0, 0.05) is 13.1 Å². The van der Waals surface area contributed by atoms with E-state index in [1.54, 1.807) is 18.7 Å². The molecule has 17 heavy (non-hydrogen) atoms. The molecule has 2 N–H and O–H groups in total. The first kappa shape index (κ1) is 15.7. The van der Waals surface area contributed by atoms with Gasteiger partial charge in [-0.2, -0.15) is 0 Å². The Morgan fingerprint density at radius 1 is 1.18 bits per heavy atom. The number of hydrogen-bond donors (Lipinski definition) is 2. The van der Waals surface area contributed by atoms with Crippen molar-refractivity contribution in [2.45, 2.75) is 46.6 Å². The van der Waals surface area contributed by atoms with Crippen LogP contribution in [0.25, 0.3) is 0 Å². The molecule has 0 aromatic heterocycles. The molecule has 0 saturated heterocycles. The predicted octanol–water partition coefficient (Wildman–Crippen LogP) is 1.93. The van der Waals surface area contributed by atoms with Gasteiger partial charge in [0.15, 0.2) is 0 Å². The summed E-state index contributed by atoms with van der Waals surface area (Å²) in [5.74, 6) is -1.11. The fourth-order valence-electron chi connectivity index (χ4n) is 1.59. The molecule has 100 valence electrons. The molecule has 5 heteroatoms. The second-order valence-electron chi connectivity index (χ2n) is 4.50. The number of nitrogens with one attached hydrogen (secondary N) is 1. The van der Waals surface area contributed by atoms with E-state index in [1.165, 1.54) is 0 Å². The highest BCUT2D eigenvalue weighted by atomic mass is 16.4. The normalized spacial score (nSPS) is 12.3. The number of carboxylic acid groups (broad SMARTS) is 1. The Kier molecular flexibility index (Phi) is 7.34. The van der Waals surface area contributed by atoms with E-state index < -0.39 is 12.0 Å². The van der Waals surface area contributed by atoms with Crippen LogP contribution in [0.1, 0.15) is 40.5 Å². The van der Waals surface area contributed by atoms with Gasteiger partial charge < -0.3 is 15.3 Å². The minimum atomic E-state index is -0.985. The standard InChI is InChI=1S/C12H24N2O3/c1-5-7-14(8-6-2)12(17)13-10(9(3)4)11(15)16/h9-10H,5-8H2,1-4H3,(H,13,17)(H,15,16). The van der Waals surface area contributed by atoms with Crippen molar-refractivity contribution >= 4 is 12.0 Å². The van der Waals surface area contributed by atoms with E-state index in [0.29, 0.717) is 13.1 Å². The quantitative estimate of drug-likeness (QED) is 0.719. The number of urea groups is 1. The lowest BCUT2D eigenvalue weighted by atomic mass is 10.1. The van der Waals surface area contributed by atoms with E-state index in [9.17, 15) is 9.59 Å². The van der Waals surface area contributed by atoms with Crippen LogP contribution in [0.15, 0.2) is 0 Å². The van der Waals surface area contributed by atoms with Gasteiger partial charge >= 0.3 is 12.0 Å². The summed E-state index contributed by atoms with van der Waals surface area (Å²) in [6.07, 6.45) is 1.74. The van der Waals surface area contributed by atoms with E-state index >= 15 is 0 Å². The third-order valence-corrected chi connectivity index (χ3v) is 2.49. The third-order valence-electron chi connectivity index (χ3n) is 2.49. The SMILES string of the molecule is CCCN(CCC)C(=O)NC(C(=O)O)C(C)C. The van der Waals surface area contributed by atoms with Crippen LogP contribution in [0.2, 0.25) is 0 Å². The zero-order valence-electron chi connectivity index (χ0n) is 11.2. The van der Waals surface area contributed by atoms with Crippen LogP contribution in [0.5, 0.6) is 0 Å². The second-order valence-corrected chi connectivity index (χ2v) is 4.50. The molecule has 5 nitrogen and oxygen atoms in total. The number of hydrogen-bond acceptors (Lipinski definition) is 2. The van der Waals surface area contributed by atoms with Crippen molar-refractivity contribution in [3.8, 4) is 0 Å². The summed E-state index contributed by atoms with van der Waals surface area (Å²) >= 11 is 0. The maximum Gasteiger partial charge on any atom is 0.326 e. The van der Waals surface area contributed by atoms with Gasteiger partial charge in [-0.15, -0.1) is 0 Å². The average Bonchev–Trinajstić information content (AvgIpc) is 2.24. The molecule has 0 spiro atoms. The maximum absolute atomic E-state index is 11.9. The van der Waals surface area contributed by atoms with Gasteiger partial charge in [-0.3, -0.25) is 0 Å². The van der Waals surface area contributed by atoms with Gasteiger partial charge in [-0.1, -0.05) is 27.7 Å². The Bertz CT molecular complexity index is 248. The maximum atomic E-state index is 11.9. The van der Waals surface area contributed by atoms with Gasteiger partial charge in [-0.05, 0) is 18.8 Å². The Hall–Kier alpha value is -1.26. The average molecular weight is 244 g/mol. The number of aliphatic carboxylic acids is 1. The highest BCUT2D eigenvalue weighted by Gasteiger charge is 2.25. The lowest BCUT2D eigenvalue weighted by Gasteiger charge is -2.25. The molecular weight excluding hydrogens is 220 g/mol. The lowest BCUT2D eigenvalue weighted by Crippen LogP contribution is -2.50. The molecule has 0 radical (unpaired) electrons. The number of carboxylic acids is 1. The third kappa shape index (κ3) is 5.56. The van der Waals surface area contributed by atoms with Gasteiger partial charge in [0.2, 0.25) is 0 Å². The van der Waals surface area contributed by atoms with Crippen molar-refractivity contribution in [1.82, 2.24) is 10.2 Å². The van der Waals surface area contributed by atoms with Gasteiger partial charge in [-0.25, -0.2) is 9.59 Å². The largest absolute Gasteiger partial charge is 0.480 e. The molecule has 0 saturated carbocycles. The zero-order chi connectivity index (χ0) is 13.4. The molecule has 0 rings (SSSR count). The van der Waals surface area contributed by atoms with Crippen LogP contribution in [0.4, 0.5) is 4.79 Å². The van der Waals surface area contributed by atoms with E-state index in [4.69, 9.17) is 5.11 Å². The summed E-state index contributed by atoms with van der Waals surface area (Å²) in [5, 5.41) is 11.6. The first-order valence-electron chi connectivity index (χ1n) is 6.22. The highest BCUT2D eigenvalue weighted by Crippen LogP contribution is 2.04. The number of nitrogens with zero attached hydrogens (tertiary/aromatic N) is 1. The topological polar surface area (TPSA) is 69.6 Å². The van der Waals surface area contributed by atoms with Gasteiger partial charge in [0.05, 0.1) is 0 Å². The van der Waals surface area contributed by atoms with Crippen molar-refractivity contribution in [2.24, 2.45) is 5.92 Å². The van der Waals surface area contributed by atoms with E-state index in [-0.39, 0.29) is 11.9 Å². The Morgan fingerprint density at radius 2 is 1.65 bits per heavy atom. The number of carbonyl (C=O) groups excluding carboxylic acids is 1. The fraction of sp³-hybridized carbons (Fsp3) is 0.833. The van der Waals surface area contributed by atoms with Crippen LogP contribution in [-0.2, 0) is 4.79 Å². The van der Waals surface area contributed by atoms with E-state index in [0.717, 1.165) is 12.8 Å². The molecule has 0 aliphatic heterocycles. The lowest BCUT2D eigenvalue weighted by molar-refractivity contribution is -0.140. The second kappa shape index (κ2) is 7.92. The fourth-order valence-corrected chi connectivity index (χ4v) is 1.59. The first-order valence-corrected chi connectivity index (χ1v) is 6.22. The van der Waals surface area contributed by atoms with E-state index in [1.807, 2.05) is 13.8 Å². The smallest absolute Gasteiger partial charge is 0.326 e. The molecule has 1 unspecified atom stereocenters. The zero-order valence-corrected chi connectivity index (χ0v) is 11.2. The summed E-state index contributed by atoms with van der Waals surface area (Å²) < 4.78 is 0. The van der Waals surface area contributed by atoms with Gasteiger partial charge in [0.1, 0.15) is 6.04 Å². The molecule has 0 aliphatic rings. The molecule has 0 bridgehead atoms. The summed E-state index contributed by atoms with van der Waals surface area (Å²) in [6.45, 7) is 8.86. The minimum Gasteiger partial charge on any atom is -0.480 e. The molecule has 0 fully saturated rings. The van der Waals surface area contributed by atoms with Crippen molar-refractivity contribution in [3.05, 3.63) is 0 Å². The Morgan fingerprint density at radius 3 is 1.94 bits per heavy atom. The number of rotatable bonds is 7. The molecular formula is C12H24N2O3. The predicted molar refractivity (Wildman–Crippen MR) is 66.9 cm³/mol. The monoisotopic (exact) mass is 244 g/mol. The minimum absolute atomic E-state index is 0.124. The van der Waals surface area contributed by atoms with Crippen molar-refractivity contribution in [2.75, 3.05) is 13.1 Å². The van der Waals surface area contributed by atoms with E-state index in [2.05, 4.69) is 5.32 Å². The molecule has 2 amide bonds. The van der Waals surface area contributed by atoms with Crippen LogP contribution < -0.4 is 5.32 Å². The van der Waals surface area contributed by atoms with Gasteiger partial charge in [0.25, 0.3) is 0 Å². The van der Waals surface area contributed by atoms with Crippen LogP contribution in [-0.4, -0.2) is 41.1 Å². The molecule has 1 atom stereocenters. The number of amides is 2. The summed E-state index contributed by atoms with van der Waals surface area (Å²) in [7, 11) is 0. The Balaban J connectivity index is 4.50. The first-order chi connectivity index (χ1) is 7.93. The van der Waals surface area contributed by atoms with Crippen molar-refractivity contribution in [1.29, 1.82) is 0 Å². The molecule has 0 aliphatic carbocycles. The molecule has 0 aromatic rings. The highest BCUT2D eigenvalue weighted by molar-refractivity contribution is 5.82. The Labute approximate surface area is 103 Å². The van der Waals surface area contributed by atoms with Crippen LogP contribution in [0, 0.1) is 5.92 Å². The molecule has 0 heterocycles. The summed E-state index contributed by atoms with van der Waals surface area (Å²) in [4.78, 5) is 24.5. The van der Waals surface area contributed by atoms with Crippen LogP contribution >= 0.6 is 0 Å².